The van der Waals surface area contributed by atoms with E-state index in [0.717, 1.165) is 31.0 Å². The third-order valence-electron chi connectivity index (χ3n) is 2.24. The molecule has 0 spiro atoms. The molecule has 0 N–H and O–H groups in total. The first-order chi connectivity index (χ1) is 7.90. The first-order valence-corrected chi connectivity index (χ1v) is 6.71. The summed E-state index contributed by atoms with van der Waals surface area (Å²) < 4.78 is 40.5. The van der Waals surface area contributed by atoms with E-state index >= 15 is 0 Å². The first kappa shape index (κ1) is 16.6. The molecule has 0 aliphatic carbocycles. The molecular formula is C11H19F3O2S. The van der Waals surface area contributed by atoms with E-state index in [1.807, 2.05) is 6.92 Å². The van der Waals surface area contributed by atoms with E-state index in [9.17, 15) is 18.0 Å². The number of hydrogen-bond acceptors (Lipinski definition) is 3. The van der Waals surface area contributed by atoms with Crippen molar-refractivity contribution in [2.24, 2.45) is 0 Å². The first-order valence-electron chi connectivity index (χ1n) is 5.67. The van der Waals surface area contributed by atoms with Crippen molar-refractivity contribution in [1.29, 1.82) is 0 Å². The molecule has 1 unspecified atom stereocenters. The lowest BCUT2D eigenvalue weighted by Crippen LogP contribution is -2.20. The molecule has 0 radical (unpaired) electrons. The van der Waals surface area contributed by atoms with Gasteiger partial charge in [-0.1, -0.05) is 26.2 Å². The average Bonchev–Trinajstić information content (AvgIpc) is 2.24. The van der Waals surface area contributed by atoms with Crippen LogP contribution in [0.1, 0.15) is 39.0 Å². The highest BCUT2D eigenvalue weighted by atomic mass is 32.2. The molecule has 0 rings (SSSR count). The second kappa shape index (κ2) is 8.66. The van der Waals surface area contributed by atoms with Crippen molar-refractivity contribution in [1.82, 2.24) is 0 Å². The van der Waals surface area contributed by atoms with Gasteiger partial charge < -0.3 is 4.74 Å². The minimum absolute atomic E-state index is 0.0879. The van der Waals surface area contributed by atoms with Gasteiger partial charge in [0.15, 0.2) is 0 Å². The summed E-state index contributed by atoms with van der Waals surface area (Å²) in [6.45, 7) is 2.03. The average molecular weight is 272 g/mol. The number of esters is 1. The van der Waals surface area contributed by atoms with E-state index in [-0.39, 0.29) is 5.75 Å². The SMILES string of the molecule is CCCCCC(SCCC(F)(F)F)C(=O)OC. The number of ether oxygens (including phenoxy) is 1. The maximum Gasteiger partial charge on any atom is 0.389 e. The Morgan fingerprint density at radius 3 is 2.47 bits per heavy atom. The van der Waals surface area contributed by atoms with Crippen LogP contribution in [0.3, 0.4) is 0 Å². The third kappa shape index (κ3) is 9.32. The van der Waals surface area contributed by atoms with Gasteiger partial charge in [-0.25, -0.2) is 0 Å². The maximum atomic E-state index is 12.0. The normalized spacial score (nSPS) is 13.5. The van der Waals surface area contributed by atoms with Crippen LogP contribution in [0.4, 0.5) is 13.2 Å². The van der Waals surface area contributed by atoms with Crippen LogP contribution >= 0.6 is 11.8 Å². The predicted molar refractivity (Wildman–Crippen MR) is 63.1 cm³/mol. The van der Waals surface area contributed by atoms with Gasteiger partial charge in [0.1, 0.15) is 5.25 Å². The van der Waals surface area contributed by atoms with Gasteiger partial charge >= 0.3 is 12.1 Å². The Morgan fingerprint density at radius 1 is 1.35 bits per heavy atom. The molecule has 0 aliphatic heterocycles. The van der Waals surface area contributed by atoms with Crippen LogP contribution in [0, 0.1) is 0 Å². The molecule has 0 aliphatic rings. The van der Waals surface area contributed by atoms with Crippen molar-refractivity contribution in [3.05, 3.63) is 0 Å². The second-order valence-electron chi connectivity index (χ2n) is 3.74. The zero-order valence-corrected chi connectivity index (χ0v) is 11.0. The van der Waals surface area contributed by atoms with Crippen LogP contribution in [0.25, 0.3) is 0 Å². The van der Waals surface area contributed by atoms with Crippen LogP contribution in [-0.2, 0) is 9.53 Å². The molecule has 2 nitrogen and oxygen atoms in total. The van der Waals surface area contributed by atoms with E-state index in [4.69, 9.17) is 0 Å². The maximum absolute atomic E-state index is 12.0. The predicted octanol–water partition coefficient (Wildman–Crippen LogP) is 3.79. The zero-order chi connectivity index (χ0) is 13.3. The Kier molecular flexibility index (Phi) is 8.47. The van der Waals surface area contributed by atoms with E-state index in [1.54, 1.807) is 0 Å². The van der Waals surface area contributed by atoms with Gasteiger partial charge in [-0.15, -0.1) is 11.8 Å². The molecule has 0 heterocycles. The zero-order valence-electron chi connectivity index (χ0n) is 10.2. The van der Waals surface area contributed by atoms with Crippen molar-refractivity contribution in [2.45, 2.75) is 50.5 Å². The fourth-order valence-corrected chi connectivity index (χ4v) is 2.50. The third-order valence-corrected chi connectivity index (χ3v) is 3.51. The van der Waals surface area contributed by atoms with Crippen molar-refractivity contribution in [3.8, 4) is 0 Å². The standard InChI is InChI=1S/C11H19F3O2S/c1-3-4-5-6-9(10(15)16-2)17-8-7-11(12,13)14/h9H,3-8H2,1-2H3. The number of methoxy groups -OCH3 is 1. The summed E-state index contributed by atoms with van der Waals surface area (Å²) in [5, 5.41) is -0.464. The van der Waals surface area contributed by atoms with Crippen molar-refractivity contribution < 1.29 is 22.7 Å². The van der Waals surface area contributed by atoms with Crippen LogP contribution in [0.2, 0.25) is 0 Å². The Hall–Kier alpha value is -0.390. The summed E-state index contributed by atoms with van der Waals surface area (Å²) in [4.78, 5) is 11.3. The number of hydrogen-bond donors (Lipinski definition) is 0. The minimum Gasteiger partial charge on any atom is -0.468 e. The summed E-state index contributed by atoms with van der Waals surface area (Å²) in [6, 6.07) is 0. The fourth-order valence-electron chi connectivity index (χ4n) is 1.30. The molecule has 0 fully saturated rings. The Morgan fingerprint density at radius 2 is 2.00 bits per heavy atom. The molecule has 6 heteroatoms. The Labute approximate surface area is 104 Å². The molecular weight excluding hydrogens is 253 g/mol. The fraction of sp³-hybridized carbons (Fsp3) is 0.909. The number of carbonyl (C=O) groups excluding carboxylic acids is 1. The number of thioether (sulfide) groups is 1. The summed E-state index contributed by atoms with van der Waals surface area (Å²) in [5.41, 5.74) is 0. The molecule has 0 saturated carbocycles. The number of rotatable bonds is 8. The molecule has 0 aromatic rings. The Bertz CT molecular complexity index is 219. The number of halogens is 3. The summed E-state index contributed by atoms with van der Waals surface area (Å²) in [5.74, 6) is -0.511. The minimum atomic E-state index is -4.16. The van der Waals surface area contributed by atoms with E-state index < -0.39 is 23.8 Å². The lowest BCUT2D eigenvalue weighted by molar-refractivity contribution is -0.140. The van der Waals surface area contributed by atoms with Gasteiger partial charge in [0.25, 0.3) is 0 Å². The van der Waals surface area contributed by atoms with Gasteiger partial charge in [0.2, 0.25) is 0 Å². The molecule has 0 bridgehead atoms. The summed E-state index contributed by atoms with van der Waals surface area (Å²) in [7, 11) is 1.26. The summed E-state index contributed by atoms with van der Waals surface area (Å²) >= 11 is 1.04. The number of carbonyl (C=O) groups is 1. The second-order valence-corrected chi connectivity index (χ2v) is 5.05. The van der Waals surface area contributed by atoms with Crippen molar-refractivity contribution in [2.75, 3.05) is 12.9 Å². The van der Waals surface area contributed by atoms with Gasteiger partial charge in [-0.05, 0) is 6.42 Å². The van der Waals surface area contributed by atoms with Crippen LogP contribution in [-0.4, -0.2) is 30.3 Å². The molecule has 17 heavy (non-hydrogen) atoms. The lowest BCUT2D eigenvalue weighted by Gasteiger charge is -2.14. The molecule has 0 amide bonds. The Balaban J connectivity index is 3.98. The van der Waals surface area contributed by atoms with Gasteiger partial charge in [-0.3, -0.25) is 4.79 Å². The van der Waals surface area contributed by atoms with Crippen LogP contribution in [0.15, 0.2) is 0 Å². The molecule has 0 aromatic heterocycles. The quantitative estimate of drug-likeness (QED) is 0.496. The highest BCUT2D eigenvalue weighted by Crippen LogP contribution is 2.26. The largest absolute Gasteiger partial charge is 0.468 e. The smallest absolute Gasteiger partial charge is 0.389 e. The molecule has 102 valence electrons. The topological polar surface area (TPSA) is 26.3 Å². The molecule has 0 saturated heterocycles. The van der Waals surface area contributed by atoms with E-state index in [2.05, 4.69) is 4.74 Å². The van der Waals surface area contributed by atoms with E-state index in [0.29, 0.717) is 6.42 Å². The molecule has 0 aromatic carbocycles. The van der Waals surface area contributed by atoms with Crippen LogP contribution < -0.4 is 0 Å². The van der Waals surface area contributed by atoms with Crippen molar-refractivity contribution in [3.63, 3.8) is 0 Å². The number of alkyl halides is 3. The highest BCUT2D eigenvalue weighted by molar-refractivity contribution is 8.00. The van der Waals surface area contributed by atoms with E-state index in [1.165, 1.54) is 7.11 Å². The lowest BCUT2D eigenvalue weighted by atomic mass is 10.1. The highest BCUT2D eigenvalue weighted by Gasteiger charge is 2.28. The van der Waals surface area contributed by atoms with Crippen molar-refractivity contribution >= 4 is 17.7 Å². The van der Waals surface area contributed by atoms with Crippen LogP contribution in [0.5, 0.6) is 0 Å². The van der Waals surface area contributed by atoms with Gasteiger partial charge in [0, 0.05) is 5.75 Å². The summed E-state index contributed by atoms with van der Waals surface area (Å²) in [6.07, 6.45) is -1.59. The number of unbranched alkanes of at least 4 members (excludes halogenated alkanes) is 2. The molecule has 1 atom stereocenters. The van der Waals surface area contributed by atoms with Gasteiger partial charge in [0.05, 0.1) is 13.5 Å². The van der Waals surface area contributed by atoms with Gasteiger partial charge in [-0.2, -0.15) is 13.2 Å². The monoisotopic (exact) mass is 272 g/mol.